The molecule has 1 aromatic heterocycles. The van der Waals surface area contributed by atoms with E-state index >= 15 is 0 Å². The first-order valence-corrected chi connectivity index (χ1v) is 5.99. The van der Waals surface area contributed by atoms with Crippen molar-refractivity contribution in [3.63, 3.8) is 0 Å². The summed E-state index contributed by atoms with van der Waals surface area (Å²) >= 11 is 0. The number of hydrogen-bond donors (Lipinski definition) is 3. The molecule has 0 fully saturated rings. The molecular weight excluding hydrogens is 230 g/mol. The first-order valence-electron chi connectivity index (χ1n) is 5.99. The van der Waals surface area contributed by atoms with Gasteiger partial charge < -0.3 is 10.8 Å². The zero-order valence-corrected chi connectivity index (χ0v) is 10.3. The zero-order valence-electron chi connectivity index (χ0n) is 10.3. The number of aryl methyl sites for hydroxylation is 1. The highest BCUT2D eigenvalue weighted by atomic mass is 16.3. The molecule has 2 aromatic rings. The quantitative estimate of drug-likeness (QED) is 0.751. The van der Waals surface area contributed by atoms with Crippen LogP contribution >= 0.6 is 0 Å². The summed E-state index contributed by atoms with van der Waals surface area (Å²) in [6.07, 6.45) is 1.33. The lowest BCUT2D eigenvalue weighted by atomic mass is 10.1. The fourth-order valence-electron chi connectivity index (χ4n) is 2.00. The van der Waals surface area contributed by atoms with Gasteiger partial charge in [0.2, 0.25) is 0 Å². The molecule has 1 heterocycles. The number of nitrogens with zero attached hydrogens (tertiary/aromatic N) is 1. The number of rotatable bonds is 4. The molecule has 0 spiro atoms. The summed E-state index contributed by atoms with van der Waals surface area (Å²) in [7, 11) is 0. The Morgan fingerprint density at radius 3 is 2.56 bits per heavy atom. The van der Waals surface area contributed by atoms with Crippen LogP contribution in [0.25, 0.3) is 5.69 Å². The van der Waals surface area contributed by atoms with E-state index in [1.165, 1.54) is 4.68 Å². The van der Waals surface area contributed by atoms with Crippen LogP contribution in [0.5, 0.6) is 5.75 Å². The Bertz CT molecular complexity index is 581. The minimum absolute atomic E-state index is 0.0667. The van der Waals surface area contributed by atoms with Gasteiger partial charge in [-0.15, -0.1) is 0 Å². The minimum atomic E-state index is -0.0667. The summed E-state index contributed by atoms with van der Waals surface area (Å²) in [5.74, 6) is 0.177. The smallest absolute Gasteiger partial charge is 0.274 e. The maximum Gasteiger partial charge on any atom is 0.274 e. The molecule has 0 unspecified atom stereocenters. The number of aromatic amines is 1. The average molecular weight is 247 g/mol. The third-order valence-corrected chi connectivity index (χ3v) is 2.93. The van der Waals surface area contributed by atoms with E-state index in [2.05, 4.69) is 5.10 Å². The molecule has 2 rings (SSSR count). The predicted molar refractivity (Wildman–Crippen MR) is 70.2 cm³/mol. The van der Waals surface area contributed by atoms with Crippen molar-refractivity contribution in [1.29, 1.82) is 0 Å². The molecule has 0 bridgehead atoms. The van der Waals surface area contributed by atoms with Crippen molar-refractivity contribution in [2.45, 2.75) is 19.8 Å². The van der Waals surface area contributed by atoms with E-state index < -0.39 is 0 Å². The van der Waals surface area contributed by atoms with Crippen molar-refractivity contribution in [3.05, 3.63) is 45.9 Å². The summed E-state index contributed by atoms with van der Waals surface area (Å²) in [6.45, 7) is 2.45. The van der Waals surface area contributed by atoms with Gasteiger partial charge in [0.1, 0.15) is 5.75 Å². The predicted octanol–water partition coefficient (Wildman–Crippen LogP) is 0.935. The second-order valence-corrected chi connectivity index (χ2v) is 4.12. The molecular formula is C13H17N3O2. The standard InChI is InChI=1S/C13H17N3O2/c1-2-12-11(7-8-14)13(18)16(15-12)9-3-5-10(17)6-4-9/h3-6,15,17H,2,7-8,14H2,1H3. The molecule has 5 heteroatoms. The van der Waals surface area contributed by atoms with E-state index in [9.17, 15) is 9.90 Å². The fraction of sp³-hybridized carbons (Fsp3) is 0.308. The van der Waals surface area contributed by atoms with Crippen LogP contribution < -0.4 is 11.3 Å². The Morgan fingerprint density at radius 1 is 1.33 bits per heavy atom. The molecule has 0 saturated carbocycles. The van der Waals surface area contributed by atoms with Crippen LogP contribution in [0, 0.1) is 0 Å². The van der Waals surface area contributed by atoms with Crippen molar-refractivity contribution >= 4 is 0 Å². The fourth-order valence-corrected chi connectivity index (χ4v) is 2.00. The Hall–Kier alpha value is -2.01. The number of phenols is 1. The number of aromatic nitrogens is 2. The Labute approximate surface area is 105 Å². The van der Waals surface area contributed by atoms with Crippen LogP contribution in [-0.2, 0) is 12.8 Å². The molecule has 0 atom stereocenters. The number of phenolic OH excluding ortho intramolecular Hbond substituents is 1. The number of H-pyrrole nitrogens is 1. The van der Waals surface area contributed by atoms with Crippen LogP contribution in [0.15, 0.2) is 29.1 Å². The minimum Gasteiger partial charge on any atom is -0.508 e. The number of nitrogens with one attached hydrogen (secondary N) is 1. The Balaban J connectivity index is 2.52. The molecule has 18 heavy (non-hydrogen) atoms. The second kappa shape index (κ2) is 5.10. The molecule has 96 valence electrons. The molecule has 0 radical (unpaired) electrons. The lowest BCUT2D eigenvalue weighted by molar-refractivity contribution is 0.475. The highest BCUT2D eigenvalue weighted by molar-refractivity contribution is 5.37. The summed E-state index contributed by atoms with van der Waals surface area (Å²) in [5, 5.41) is 12.3. The van der Waals surface area contributed by atoms with Crippen LogP contribution in [0.1, 0.15) is 18.2 Å². The van der Waals surface area contributed by atoms with Gasteiger partial charge >= 0.3 is 0 Å². The van der Waals surface area contributed by atoms with Gasteiger partial charge in [-0.1, -0.05) is 6.92 Å². The molecule has 0 saturated heterocycles. The Kier molecular flexibility index (Phi) is 3.53. The summed E-state index contributed by atoms with van der Waals surface area (Å²) in [5.41, 5.74) is 7.82. The van der Waals surface area contributed by atoms with E-state index in [0.717, 1.165) is 17.7 Å². The van der Waals surface area contributed by atoms with Crippen molar-refractivity contribution in [2.75, 3.05) is 6.54 Å². The van der Waals surface area contributed by atoms with Crippen LogP contribution in [0.2, 0.25) is 0 Å². The molecule has 0 amide bonds. The van der Waals surface area contributed by atoms with E-state index in [1.54, 1.807) is 24.3 Å². The molecule has 1 aromatic carbocycles. The molecule has 0 aliphatic carbocycles. The maximum atomic E-state index is 12.2. The second-order valence-electron chi connectivity index (χ2n) is 4.12. The largest absolute Gasteiger partial charge is 0.508 e. The third-order valence-electron chi connectivity index (χ3n) is 2.93. The summed E-state index contributed by atoms with van der Waals surface area (Å²) in [4.78, 5) is 12.2. The highest BCUT2D eigenvalue weighted by Crippen LogP contribution is 2.13. The SMILES string of the molecule is CCc1[nH]n(-c2ccc(O)cc2)c(=O)c1CCN. The maximum absolute atomic E-state index is 12.2. The molecule has 0 aliphatic rings. The number of aromatic hydroxyl groups is 1. The van der Waals surface area contributed by atoms with Crippen molar-refractivity contribution < 1.29 is 5.11 Å². The molecule has 5 nitrogen and oxygen atoms in total. The van der Waals surface area contributed by atoms with Crippen molar-refractivity contribution in [1.82, 2.24) is 9.78 Å². The summed E-state index contributed by atoms with van der Waals surface area (Å²) in [6, 6.07) is 6.49. The molecule has 4 N–H and O–H groups in total. The van der Waals surface area contributed by atoms with Gasteiger partial charge in [-0.25, -0.2) is 4.68 Å². The van der Waals surface area contributed by atoms with Crippen LogP contribution in [0.4, 0.5) is 0 Å². The van der Waals surface area contributed by atoms with Gasteiger partial charge in [0.25, 0.3) is 5.56 Å². The van der Waals surface area contributed by atoms with E-state index in [4.69, 9.17) is 5.73 Å². The highest BCUT2D eigenvalue weighted by Gasteiger charge is 2.13. The topological polar surface area (TPSA) is 84.0 Å². The average Bonchev–Trinajstić information content (AvgIpc) is 2.69. The van der Waals surface area contributed by atoms with Crippen LogP contribution in [0.3, 0.4) is 0 Å². The number of benzene rings is 1. The number of nitrogens with two attached hydrogens (primary N) is 1. The lowest BCUT2D eigenvalue weighted by Gasteiger charge is -2.01. The third kappa shape index (κ3) is 2.17. The van der Waals surface area contributed by atoms with E-state index in [-0.39, 0.29) is 11.3 Å². The van der Waals surface area contributed by atoms with Gasteiger partial charge in [-0.3, -0.25) is 9.89 Å². The van der Waals surface area contributed by atoms with Gasteiger partial charge in [0.05, 0.1) is 5.69 Å². The monoisotopic (exact) mass is 247 g/mol. The van der Waals surface area contributed by atoms with E-state index in [0.29, 0.717) is 18.7 Å². The van der Waals surface area contributed by atoms with Crippen molar-refractivity contribution in [2.24, 2.45) is 5.73 Å². The summed E-state index contributed by atoms with van der Waals surface area (Å²) < 4.78 is 1.49. The lowest BCUT2D eigenvalue weighted by Crippen LogP contribution is -2.19. The first kappa shape index (κ1) is 12.4. The molecule has 0 aliphatic heterocycles. The Morgan fingerprint density at radius 2 is 2.00 bits per heavy atom. The zero-order chi connectivity index (χ0) is 13.1. The first-order chi connectivity index (χ1) is 8.67. The van der Waals surface area contributed by atoms with E-state index in [1.807, 2.05) is 6.92 Å². The number of hydrogen-bond acceptors (Lipinski definition) is 3. The normalized spacial score (nSPS) is 10.8. The van der Waals surface area contributed by atoms with Gasteiger partial charge in [-0.05, 0) is 43.7 Å². The van der Waals surface area contributed by atoms with Crippen molar-refractivity contribution in [3.8, 4) is 11.4 Å². The van der Waals surface area contributed by atoms with Gasteiger partial charge in [-0.2, -0.15) is 0 Å². The van der Waals surface area contributed by atoms with Crippen LogP contribution in [-0.4, -0.2) is 21.4 Å². The van der Waals surface area contributed by atoms with Gasteiger partial charge in [0, 0.05) is 11.3 Å². The van der Waals surface area contributed by atoms with Gasteiger partial charge in [0.15, 0.2) is 0 Å².